The summed E-state index contributed by atoms with van der Waals surface area (Å²) in [6.07, 6.45) is 0. The molecule has 1 N–H and O–H groups in total. The summed E-state index contributed by atoms with van der Waals surface area (Å²) < 4.78 is 0. The number of nitrogens with one attached hydrogen (secondary N) is 1. The summed E-state index contributed by atoms with van der Waals surface area (Å²) in [5.74, 6) is -0.307. The summed E-state index contributed by atoms with van der Waals surface area (Å²) in [6, 6.07) is 15.5. The Morgan fingerprint density at radius 2 is 1.48 bits per heavy atom. The number of aryl methyl sites for hydroxylation is 2. The van der Waals surface area contributed by atoms with Gasteiger partial charge in [-0.1, -0.05) is 36.4 Å². The van der Waals surface area contributed by atoms with Crippen LogP contribution in [0.1, 0.15) is 11.1 Å². The van der Waals surface area contributed by atoms with Crippen LogP contribution in [0.25, 0.3) is 0 Å². The second-order valence-corrected chi connectivity index (χ2v) is 6.26. The maximum absolute atomic E-state index is 12.4. The van der Waals surface area contributed by atoms with Gasteiger partial charge in [0.05, 0.1) is 13.1 Å². The Kier molecular flexibility index (Phi) is 6.17. The number of hydrogen-bond acceptors (Lipinski definition) is 3. The van der Waals surface area contributed by atoms with Gasteiger partial charge in [-0.15, -0.1) is 0 Å². The monoisotopic (exact) mass is 339 g/mol. The summed E-state index contributed by atoms with van der Waals surface area (Å²) >= 11 is 0. The van der Waals surface area contributed by atoms with E-state index in [-0.39, 0.29) is 24.9 Å². The number of anilines is 2. The van der Waals surface area contributed by atoms with Crippen LogP contribution in [0.3, 0.4) is 0 Å². The molecule has 0 spiro atoms. The highest BCUT2D eigenvalue weighted by molar-refractivity contribution is 5.96. The average molecular weight is 339 g/mol. The maximum Gasteiger partial charge on any atom is 0.243 e. The molecule has 5 nitrogen and oxygen atoms in total. The van der Waals surface area contributed by atoms with E-state index in [9.17, 15) is 9.59 Å². The topological polar surface area (TPSA) is 52.7 Å². The molecule has 0 unspecified atom stereocenters. The van der Waals surface area contributed by atoms with Crippen molar-refractivity contribution in [2.24, 2.45) is 0 Å². The van der Waals surface area contributed by atoms with Gasteiger partial charge in [0.2, 0.25) is 11.8 Å². The van der Waals surface area contributed by atoms with Gasteiger partial charge < -0.3 is 15.1 Å². The summed E-state index contributed by atoms with van der Waals surface area (Å²) in [7, 11) is 3.50. The molecule has 0 radical (unpaired) electrons. The van der Waals surface area contributed by atoms with Gasteiger partial charge in [0.15, 0.2) is 0 Å². The minimum Gasteiger partial charge on any atom is -0.365 e. The van der Waals surface area contributed by atoms with Crippen LogP contribution < -0.4 is 10.2 Å². The lowest BCUT2D eigenvalue weighted by atomic mass is 10.1. The zero-order valence-corrected chi connectivity index (χ0v) is 15.2. The molecule has 0 bridgehead atoms. The van der Waals surface area contributed by atoms with Crippen LogP contribution in [0.2, 0.25) is 0 Å². The minimum absolute atomic E-state index is 0.0231. The van der Waals surface area contributed by atoms with Gasteiger partial charge in [-0.3, -0.25) is 9.59 Å². The quantitative estimate of drug-likeness (QED) is 0.880. The summed E-state index contributed by atoms with van der Waals surface area (Å²) in [5.41, 5.74) is 3.79. The Hall–Kier alpha value is -2.82. The van der Waals surface area contributed by atoms with E-state index in [1.165, 1.54) is 4.90 Å². The van der Waals surface area contributed by atoms with E-state index in [1.54, 1.807) is 7.05 Å². The fraction of sp³-hybridized carbons (Fsp3) is 0.300. The van der Waals surface area contributed by atoms with Crippen molar-refractivity contribution in [1.29, 1.82) is 0 Å². The number of carbonyl (C=O) groups is 2. The molecular formula is C20H25N3O2. The van der Waals surface area contributed by atoms with Crippen molar-refractivity contribution in [1.82, 2.24) is 4.90 Å². The zero-order chi connectivity index (χ0) is 18.4. The molecule has 25 heavy (non-hydrogen) atoms. The first kappa shape index (κ1) is 18.5. The maximum atomic E-state index is 12.4. The second kappa shape index (κ2) is 8.33. The Balaban J connectivity index is 1.91. The molecule has 132 valence electrons. The van der Waals surface area contributed by atoms with Gasteiger partial charge in [-0.2, -0.15) is 0 Å². The standard InChI is InChI=1S/C20H25N3O2/c1-15-9-8-10-16(2)20(15)21-18(24)13-23(4)19(25)14-22(3)17-11-6-5-7-12-17/h5-12H,13-14H2,1-4H3,(H,21,24). The van der Waals surface area contributed by atoms with Crippen molar-refractivity contribution < 1.29 is 9.59 Å². The van der Waals surface area contributed by atoms with Crippen LogP contribution in [0.5, 0.6) is 0 Å². The van der Waals surface area contributed by atoms with Crippen molar-refractivity contribution in [3.05, 3.63) is 59.7 Å². The van der Waals surface area contributed by atoms with E-state index < -0.39 is 0 Å². The summed E-state index contributed by atoms with van der Waals surface area (Å²) in [5, 5.41) is 2.90. The smallest absolute Gasteiger partial charge is 0.243 e. The van der Waals surface area contributed by atoms with Crippen LogP contribution in [0.15, 0.2) is 48.5 Å². The minimum atomic E-state index is -0.199. The SMILES string of the molecule is Cc1cccc(C)c1NC(=O)CN(C)C(=O)CN(C)c1ccccc1. The number of likely N-dealkylation sites (N-methyl/N-ethyl adjacent to an activating group) is 2. The van der Waals surface area contributed by atoms with Crippen LogP contribution in [0.4, 0.5) is 11.4 Å². The van der Waals surface area contributed by atoms with Gasteiger partial charge in [0.25, 0.3) is 0 Å². The van der Waals surface area contributed by atoms with Gasteiger partial charge in [-0.25, -0.2) is 0 Å². The molecule has 0 aromatic heterocycles. The van der Waals surface area contributed by atoms with Crippen molar-refractivity contribution in [2.45, 2.75) is 13.8 Å². The molecule has 2 rings (SSSR count). The molecule has 0 atom stereocenters. The predicted molar refractivity (Wildman–Crippen MR) is 102 cm³/mol. The van der Waals surface area contributed by atoms with Gasteiger partial charge in [0.1, 0.15) is 0 Å². The Labute approximate surface area is 149 Å². The van der Waals surface area contributed by atoms with Crippen molar-refractivity contribution in [2.75, 3.05) is 37.4 Å². The number of nitrogens with zero attached hydrogens (tertiary/aromatic N) is 2. The van der Waals surface area contributed by atoms with Gasteiger partial charge in [0, 0.05) is 25.5 Å². The highest BCUT2D eigenvalue weighted by atomic mass is 16.2. The van der Waals surface area contributed by atoms with Crippen molar-refractivity contribution in [3.8, 4) is 0 Å². The molecule has 2 aromatic rings. The zero-order valence-electron chi connectivity index (χ0n) is 15.2. The lowest BCUT2D eigenvalue weighted by molar-refractivity contribution is -0.132. The van der Waals surface area contributed by atoms with Crippen LogP contribution >= 0.6 is 0 Å². The number of benzene rings is 2. The second-order valence-electron chi connectivity index (χ2n) is 6.26. The predicted octanol–water partition coefficient (Wildman–Crippen LogP) is 2.84. The summed E-state index contributed by atoms with van der Waals surface area (Å²) in [4.78, 5) is 27.9. The van der Waals surface area contributed by atoms with E-state index in [4.69, 9.17) is 0 Å². The fourth-order valence-corrected chi connectivity index (χ4v) is 2.59. The lowest BCUT2D eigenvalue weighted by Gasteiger charge is -2.23. The lowest BCUT2D eigenvalue weighted by Crippen LogP contribution is -2.40. The largest absolute Gasteiger partial charge is 0.365 e. The third-order valence-corrected chi connectivity index (χ3v) is 4.12. The van der Waals surface area contributed by atoms with E-state index in [1.807, 2.05) is 74.3 Å². The summed E-state index contributed by atoms with van der Waals surface area (Å²) in [6.45, 7) is 4.14. The molecule has 0 fully saturated rings. The molecule has 2 aromatic carbocycles. The Morgan fingerprint density at radius 1 is 0.880 bits per heavy atom. The van der Waals surface area contributed by atoms with E-state index in [0.717, 1.165) is 22.5 Å². The van der Waals surface area contributed by atoms with Crippen molar-refractivity contribution >= 4 is 23.2 Å². The first-order valence-electron chi connectivity index (χ1n) is 8.24. The third kappa shape index (κ3) is 5.08. The number of carbonyl (C=O) groups excluding carboxylic acids is 2. The van der Waals surface area contributed by atoms with Gasteiger partial charge in [-0.05, 0) is 37.1 Å². The Bertz CT molecular complexity index is 724. The van der Waals surface area contributed by atoms with Gasteiger partial charge >= 0.3 is 0 Å². The van der Waals surface area contributed by atoms with Crippen LogP contribution in [-0.2, 0) is 9.59 Å². The molecule has 0 aliphatic carbocycles. The molecule has 0 saturated carbocycles. The highest BCUT2D eigenvalue weighted by Gasteiger charge is 2.16. The molecule has 0 heterocycles. The molecule has 0 aliphatic heterocycles. The first-order chi connectivity index (χ1) is 11.9. The Morgan fingerprint density at radius 3 is 2.08 bits per heavy atom. The number of para-hydroxylation sites is 2. The molecular weight excluding hydrogens is 314 g/mol. The number of amides is 2. The molecule has 2 amide bonds. The van der Waals surface area contributed by atoms with Crippen molar-refractivity contribution in [3.63, 3.8) is 0 Å². The molecule has 5 heteroatoms. The first-order valence-corrected chi connectivity index (χ1v) is 8.24. The highest BCUT2D eigenvalue weighted by Crippen LogP contribution is 2.19. The van der Waals surface area contributed by atoms with Crippen LogP contribution in [-0.4, -0.2) is 43.9 Å². The number of hydrogen-bond donors (Lipinski definition) is 1. The number of rotatable bonds is 6. The molecule has 0 aliphatic rings. The van der Waals surface area contributed by atoms with E-state index in [0.29, 0.717) is 0 Å². The third-order valence-electron chi connectivity index (χ3n) is 4.12. The normalized spacial score (nSPS) is 10.2. The average Bonchev–Trinajstić information content (AvgIpc) is 2.59. The molecule has 0 saturated heterocycles. The van der Waals surface area contributed by atoms with Crippen LogP contribution in [0, 0.1) is 13.8 Å². The van der Waals surface area contributed by atoms with E-state index >= 15 is 0 Å². The fourth-order valence-electron chi connectivity index (χ4n) is 2.59. The van der Waals surface area contributed by atoms with E-state index in [2.05, 4.69) is 5.32 Å².